The third-order valence-corrected chi connectivity index (χ3v) is 5.11. The number of hydrogen-bond donors (Lipinski definition) is 3. The van der Waals surface area contributed by atoms with Crippen molar-refractivity contribution in [3.05, 3.63) is 32.6 Å². The molecule has 2 aliphatic rings. The van der Waals surface area contributed by atoms with Gasteiger partial charge in [-0.2, -0.15) is 0 Å². The van der Waals surface area contributed by atoms with Crippen LogP contribution in [0, 0.1) is 0 Å². The van der Waals surface area contributed by atoms with Crippen molar-refractivity contribution in [2.24, 2.45) is 0 Å². The summed E-state index contributed by atoms with van der Waals surface area (Å²) in [6.07, 6.45) is -3.40. The molecule has 3 heterocycles. The number of hydrogen-bond acceptors (Lipinski definition) is 6. The molecule has 0 spiro atoms. The van der Waals surface area contributed by atoms with Gasteiger partial charge < -0.3 is 24.0 Å². The molecule has 10 nitrogen and oxygen atoms in total. The first-order valence-electron chi connectivity index (χ1n) is 6.88. The highest BCUT2D eigenvalue weighted by atomic mass is 31.2. The molecule has 1 unspecified atom stereocenters. The van der Waals surface area contributed by atoms with Crippen LogP contribution in [0.4, 0.5) is 0 Å². The summed E-state index contributed by atoms with van der Waals surface area (Å²) >= 11 is 0. The maximum atomic E-state index is 12.2. The predicted molar refractivity (Wildman–Crippen MR) is 76.5 cm³/mol. The lowest BCUT2D eigenvalue weighted by molar-refractivity contribution is -0.0751. The summed E-state index contributed by atoms with van der Waals surface area (Å²) in [6.45, 7) is 0. The number of H-pyrrole nitrogens is 1. The molecule has 0 amide bonds. The highest BCUT2D eigenvalue weighted by Crippen LogP contribution is 2.49. The van der Waals surface area contributed by atoms with Gasteiger partial charge in [-0.1, -0.05) is 0 Å². The molecular weight excluding hydrogens is 331 g/mol. The van der Waals surface area contributed by atoms with Crippen LogP contribution in [0.3, 0.4) is 0 Å². The molecule has 0 aromatic carbocycles. The highest BCUT2D eigenvalue weighted by Gasteiger charge is 2.55. The Balaban J connectivity index is 2.21. The average molecular weight is 348 g/mol. The van der Waals surface area contributed by atoms with Gasteiger partial charge in [-0.15, -0.1) is 0 Å². The number of aromatic amines is 1. The van der Waals surface area contributed by atoms with Gasteiger partial charge in [-0.3, -0.25) is 18.9 Å². The Morgan fingerprint density at radius 3 is 2.52 bits per heavy atom. The van der Waals surface area contributed by atoms with Crippen molar-refractivity contribution in [3.63, 3.8) is 0 Å². The lowest BCUT2D eigenvalue weighted by Gasteiger charge is -2.33. The molecule has 128 valence electrons. The number of methoxy groups -OCH3 is 2. The summed E-state index contributed by atoms with van der Waals surface area (Å²) < 4.78 is 29.1. The van der Waals surface area contributed by atoms with Crippen LogP contribution < -0.4 is 11.2 Å². The lowest BCUT2D eigenvalue weighted by atomic mass is 9.96. The van der Waals surface area contributed by atoms with E-state index in [1.807, 2.05) is 0 Å². The van der Waals surface area contributed by atoms with E-state index in [4.69, 9.17) is 14.2 Å². The first kappa shape index (κ1) is 16.6. The average Bonchev–Trinajstić information content (AvgIpc) is 2.76. The fourth-order valence-corrected chi connectivity index (χ4v) is 4.32. The predicted octanol–water partition coefficient (Wildman–Crippen LogP) is -1.26. The smallest absolute Gasteiger partial charge is 0.330 e. The van der Waals surface area contributed by atoms with Gasteiger partial charge in [-0.25, -0.2) is 4.79 Å². The first-order chi connectivity index (χ1) is 10.8. The summed E-state index contributed by atoms with van der Waals surface area (Å²) in [5.74, 6) is -0.868. The van der Waals surface area contributed by atoms with Crippen LogP contribution in [0.15, 0.2) is 15.7 Å². The minimum atomic E-state index is -4.42. The zero-order chi connectivity index (χ0) is 16.9. The van der Waals surface area contributed by atoms with Crippen LogP contribution >= 0.6 is 7.60 Å². The third kappa shape index (κ3) is 2.71. The molecule has 23 heavy (non-hydrogen) atoms. The van der Waals surface area contributed by atoms with E-state index in [1.165, 1.54) is 18.8 Å². The zero-order valence-electron chi connectivity index (χ0n) is 12.4. The van der Waals surface area contributed by atoms with Crippen molar-refractivity contribution >= 4 is 7.60 Å². The Kier molecular flexibility index (Phi) is 4.07. The second-order valence-electron chi connectivity index (χ2n) is 5.58. The minimum Gasteiger partial charge on any atom is -0.376 e. The van der Waals surface area contributed by atoms with Gasteiger partial charge in [0.15, 0.2) is 6.23 Å². The Morgan fingerprint density at radius 2 is 1.96 bits per heavy atom. The van der Waals surface area contributed by atoms with Crippen molar-refractivity contribution in [1.82, 2.24) is 9.55 Å². The molecule has 1 aromatic heterocycles. The number of aromatic nitrogens is 2. The van der Waals surface area contributed by atoms with E-state index in [0.29, 0.717) is 0 Å². The molecule has 1 fully saturated rings. The van der Waals surface area contributed by atoms with Crippen molar-refractivity contribution in [2.45, 2.75) is 30.5 Å². The van der Waals surface area contributed by atoms with Gasteiger partial charge in [0.05, 0.1) is 12.3 Å². The normalized spacial score (nSPS) is 32.8. The zero-order valence-corrected chi connectivity index (χ0v) is 13.3. The molecule has 0 saturated carbocycles. The van der Waals surface area contributed by atoms with Gasteiger partial charge in [0.1, 0.15) is 12.2 Å². The Hall–Kier alpha value is -1.29. The van der Waals surface area contributed by atoms with Crippen LogP contribution in [-0.2, 0) is 18.8 Å². The molecule has 11 heteroatoms. The van der Waals surface area contributed by atoms with Gasteiger partial charge in [-0.05, 0) is 0 Å². The van der Waals surface area contributed by atoms with E-state index in [2.05, 4.69) is 4.98 Å². The van der Waals surface area contributed by atoms with Crippen LogP contribution in [0.1, 0.15) is 17.8 Å². The largest absolute Gasteiger partial charge is 0.376 e. The second kappa shape index (κ2) is 5.66. The number of rotatable bonds is 4. The van der Waals surface area contributed by atoms with Crippen molar-refractivity contribution in [1.29, 1.82) is 0 Å². The molecule has 2 aliphatic heterocycles. The Morgan fingerprint density at radius 1 is 1.30 bits per heavy atom. The quantitative estimate of drug-likeness (QED) is 0.573. The van der Waals surface area contributed by atoms with E-state index in [1.54, 1.807) is 0 Å². The van der Waals surface area contributed by atoms with Crippen molar-refractivity contribution < 1.29 is 28.6 Å². The maximum absolute atomic E-state index is 12.2. The third-order valence-electron chi connectivity index (χ3n) is 4.24. The van der Waals surface area contributed by atoms with Crippen LogP contribution in [-0.4, -0.2) is 58.0 Å². The Labute approximate surface area is 130 Å². The summed E-state index contributed by atoms with van der Waals surface area (Å²) in [7, 11) is -1.57. The minimum absolute atomic E-state index is 0.213. The molecule has 0 aliphatic carbocycles. The molecule has 1 saturated heterocycles. The molecule has 3 rings (SSSR count). The fourth-order valence-electron chi connectivity index (χ4n) is 3.41. The standard InChI is InChI=1S/C12H17N2O8P/c1-20-9-8-5(4-23(17,18)19)6-3-7(15)13-12(16)14(6)11(22-8)10(9)21-2/h3,5,8-11H,4H2,1-2H3,(H,13,15,16)(H2,17,18,19)/t5-,8-,9?,10+,11-/m1/s1. The summed E-state index contributed by atoms with van der Waals surface area (Å²) in [5.41, 5.74) is -1.14. The van der Waals surface area contributed by atoms with E-state index >= 15 is 0 Å². The van der Waals surface area contributed by atoms with Gasteiger partial charge in [0, 0.05) is 31.9 Å². The second-order valence-corrected chi connectivity index (χ2v) is 7.27. The van der Waals surface area contributed by atoms with Crippen LogP contribution in [0.5, 0.6) is 0 Å². The number of ether oxygens (including phenoxy) is 3. The molecule has 1 aromatic rings. The number of fused-ring (bicyclic) bond motifs is 4. The van der Waals surface area contributed by atoms with Crippen LogP contribution in [0.25, 0.3) is 0 Å². The lowest BCUT2D eigenvalue weighted by Crippen LogP contribution is -2.43. The maximum Gasteiger partial charge on any atom is 0.330 e. The summed E-state index contributed by atoms with van der Waals surface area (Å²) in [5, 5.41) is 0. The van der Waals surface area contributed by atoms with E-state index in [0.717, 1.165) is 6.07 Å². The summed E-state index contributed by atoms with van der Waals surface area (Å²) in [6, 6.07) is 1.16. The SMILES string of the molecule is COC1[C@@H]2O[C@H]([C@H]1OC)n1c(cc(=O)[nH]c1=O)[C@H]2CP(=O)(O)O. The van der Waals surface area contributed by atoms with Crippen LogP contribution in [0.2, 0.25) is 0 Å². The number of nitrogens with zero attached hydrogens (tertiary/aromatic N) is 1. The molecule has 0 radical (unpaired) electrons. The summed E-state index contributed by atoms with van der Waals surface area (Å²) in [4.78, 5) is 44.7. The first-order valence-corrected chi connectivity index (χ1v) is 8.68. The molecule has 2 bridgehead atoms. The molecule has 3 N–H and O–H groups in total. The van der Waals surface area contributed by atoms with E-state index < -0.39 is 55.5 Å². The van der Waals surface area contributed by atoms with Gasteiger partial charge >= 0.3 is 13.3 Å². The van der Waals surface area contributed by atoms with Crippen molar-refractivity contribution in [2.75, 3.05) is 20.4 Å². The topological polar surface area (TPSA) is 140 Å². The highest BCUT2D eigenvalue weighted by molar-refractivity contribution is 7.51. The fraction of sp³-hybridized carbons (Fsp3) is 0.667. The van der Waals surface area contributed by atoms with Gasteiger partial charge in [0.25, 0.3) is 5.56 Å². The molecule has 5 atom stereocenters. The van der Waals surface area contributed by atoms with E-state index in [9.17, 15) is 23.9 Å². The van der Waals surface area contributed by atoms with Gasteiger partial charge in [0.2, 0.25) is 0 Å². The van der Waals surface area contributed by atoms with Crippen molar-refractivity contribution in [3.8, 4) is 0 Å². The van der Waals surface area contributed by atoms with E-state index in [-0.39, 0.29) is 5.69 Å². The molecular formula is C12H17N2O8P. The number of nitrogens with one attached hydrogen (secondary N) is 1. The monoisotopic (exact) mass is 348 g/mol. The Bertz CT molecular complexity index is 767.